The number of fused-ring (bicyclic) bond motifs is 1. The summed E-state index contributed by atoms with van der Waals surface area (Å²) in [5.74, 6) is 0.404. The van der Waals surface area contributed by atoms with Gasteiger partial charge in [-0.25, -0.2) is 4.68 Å². The van der Waals surface area contributed by atoms with Crippen LogP contribution in [0.3, 0.4) is 0 Å². The van der Waals surface area contributed by atoms with Gasteiger partial charge in [-0.3, -0.25) is 19.9 Å². The third-order valence-corrected chi connectivity index (χ3v) is 5.52. The summed E-state index contributed by atoms with van der Waals surface area (Å²) in [6, 6.07) is 12.0. The number of nitrogens with zero attached hydrogens (tertiary/aromatic N) is 4. The van der Waals surface area contributed by atoms with Crippen molar-refractivity contribution >= 4 is 34.3 Å². The van der Waals surface area contributed by atoms with E-state index in [-0.39, 0.29) is 24.2 Å². The predicted molar refractivity (Wildman–Crippen MR) is 123 cm³/mol. The lowest BCUT2D eigenvalue weighted by Crippen LogP contribution is -2.25. The highest BCUT2D eigenvalue weighted by molar-refractivity contribution is 7.07. The molecule has 0 aliphatic carbocycles. The van der Waals surface area contributed by atoms with Crippen molar-refractivity contribution in [2.45, 2.75) is 26.8 Å². The van der Waals surface area contributed by atoms with Crippen molar-refractivity contribution < 1.29 is 14.5 Å². The molecule has 0 atom stereocenters. The Morgan fingerprint density at radius 1 is 1.28 bits per heavy atom. The number of hydrogen-bond acceptors (Lipinski definition) is 7. The quantitative estimate of drug-likeness (QED) is 0.358. The average Bonchev–Trinajstić information content (AvgIpc) is 3.14. The highest BCUT2D eigenvalue weighted by Gasteiger charge is 2.18. The number of nitro groups is 1. The van der Waals surface area contributed by atoms with Crippen LogP contribution < -0.4 is 14.9 Å². The molecule has 2 aromatic carbocycles. The molecule has 32 heavy (non-hydrogen) atoms. The van der Waals surface area contributed by atoms with Gasteiger partial charge >= 0.3 is 0 Å². The fourth-order valence-corrected chi connectivity index (χ4v) is 4.16. The minimum absolute atomic E-state index is 0.00473. The smallest absolute Gasteiger partial charge is 0.270 e. The molecule has 164 valence electrons. The van der Waals surface area contributed by atoms with E-state index in [1.165, 1.54) is 23.5 Å². The number of carbonyl (C=O) groups excluding carboxylic acids is 1. The number of ether oxygens (including phenoxy) is 1. The van der Waals surface area contributed by atoms with Crippen molar-refractivity contribution in [1.29, 1.82) is 0 Å². The summed E-state index contributed by atoms with van der Waals surface area (Å²) in [5, 5.41) is 20.7. The summed E-state index contributed by atoms with van der Waals surface area (Å²) in [5.41, 5.74) is 3.45. The van der Waals surface area contributed by atoms with Crippen LogP contribution in [-0.2, 0) is 4.79 Å². The zero-order valence-electron chi connectivity index (χ0n) is 17.7. The molecule has 1 N–H and O–H groups in total. The highest BCUT2D eigenvalue weighted by Crippen LogP contribution is 2.33. The van der Waals surface area contributed by atoms with Gasteiger partial charge in [0.1, 0.15) is 5.75 Å². The van der Waals surface area contributed by atoms with Crippen LogP contribution in [0.5, 0.6) is 5.75 Å². The largest absolute Gasteiger partial charge is 0.482 e. The van der Waals surface area contributed by atoms with Crippen molar-refractivity contribution in [1.82, 2.24) is 4.68 Å². The van der Waals surface area contributed by atoms with Crippen molar-refractivity contribution in [3.8, 4) is 17.0 Å². The fourth-order valence-electron chi connectivity index (χ4n) is 3.20. The number of amides is 1. The molecule has 1 aromatic heterocycles. The zero-order valence-corrected chi connectivity index (χ0v) is 18.5. The van der Waals surface area contributed by atoms with E-state index in [9.17, 15) is 14.9 Å². The molecule has 0 fully saturated rings. The second kappa shape index (κ2) is 8.75. The molecule has 3 aromatic rings. The van der Waals surface area contributed by atoms with Crippen LogP contribution in [0.4, 0.5) is 11.4 Å². The SMILES string of the molecule is CC(=Nn1c(-c2ccc3c(c2)NC(=O)CO3)csc1=NC(C)C)c1cccc([N+](=O)[O-])c1. The summed E-state index contributed by atoms with van der Waals surface area (Å²) in [7, 11) is 0. The summed E-state index contributed by atoms with van der Waals surface area (Å²) in [6.07, 6.45) is 0. The van der Waals surface area contributed by atoms with Crippen molar-refractivity contribution in [2.24, 2.45) is 10.1 Å². The van der Waals surface area contributed by atoms with E-state index in [2.05, 4.69) is 10.3 Å². The van der Waals surface area contributed by atoms with Gasteiger partial charge in [-0.05, 0) is 39.0 Å². The van der Waals surface area contributed by atoms with Crippen molar-refractivity contribution in [3.05, 3.63) is 68.3 Å². The molecule has 1 aliphatic heterocycles. The Morgan fingerprint density at radius 3 is 2.84 bits per heavy atom. The molecule has 0 unspecified atom stereocenters. The number of hydrogen-bond donors (Lipinski definition) is 1. The maximum atomic E-state index is 11.7. The molecule has 1 amide bonds. The van der Waals surface area contributed by atoms with Gasteiger partial charge in [-0.2, -0.15) is 5.10 Å². The third kappa shape index (κ3) is 4.45. The fraction of sp³-hybridized carbons (Fsp3) is 0.227. The molecule has 0 saturated heterocycles. The minimum Gasteiger partial charge on any atom is -0.482 e. The number of carbonyl (C=O) groups is 1. The van der Waals surface area contributed by atoms with Gasteiger partial charge in [0.2, 0.25) is 4.80 Å². The normalized spacial score (nSPS) is 14.2. The Labute approximate surface area is 187 Å². The lowest BCUT2D eigenvalue weighted by Gasteiger charge is -2.18. The van der Waals surface area contributed by atoms with E-state index in [4.69, 9.17) is 9.84 Å². The maximum Gasteiger partial charge on any atom is 0.270 e. The topological polar surface area (TPSA) is 111 Å². The third-order valence-electron chi connectivity index (χ3n) is 4.69. The monoisotopic (exact) mass is 451 g/mol. The maximum absolute atomic E-state index is 11.7. The number of thiazole rings is 1. The second-order valence-corrected chi connectivity index (χ2v) is 8.32. The number of rotatable bonds is 5. The average molecular weight is 452 g/mol. The minimum atomic E-state index is -0.428. The molecule has 1 aliphatic rings. The Bertz CT molecular complexity index is 1310. The Hall–Kier alpha value is -3.79. The molecule has 4 rings (SSSR count). The lowest BCUT2D eigenvalue weighted by atomic mass is 10.1. The Morgan fingerprint density at radius 2 is 2.09 bits per heavy atom. The van der Waals surface area contributed by atoms with Gasteiger partial charge < -0.3 is 10.1 Å². The summed E-state index contributed by atoms with van der Waals surface area (Å²) in [4.78, 5) is 27.8. The number of benzene rings is 2. The first kappa shape index (κ1) is 21.4. The van der Waals surface area contributed by atoms with Crippen LogP contribution >= 0.6 is 11.3 Å². The van der Waals surface area contributed by atoms with Crippen molar-refractivity contribution in [3.63, 3.8) is 0 Å². The highest BCUT2D eigenvalue weighted by atomic mass is 32.1. The molecule has 0 bridgehead atoms. The van der Waals surface area contributed by atoms with Gasteiger partial charge in [-0.15, -0.1) is 11.3 Å². The van der Waals surface area contributed by atoms with E-state index < -0.39 is 4.92 Å². The second-order valence-electron chi connectivity index (χ2n) is 7.48. The number of nitrogens with one attached hydrogen (secondary N) is 1. The summed E-state index contributed by atoms with van der Waals surface area (Å²) < 4.78 is 7.18. The van der Waals surface area contributed by atoms with Gasteiger partial charge in [0.15, 0.2) is 6.61 Å². The van der Waals surface area contributed by atoms with E-state index >= 15 is 0 Å². The number of nitro benzene ring substituents is 1. The van der Waals surface area contributed by atoms with Crippen molar-refractivity contribution in [2.75, 3.05) is 11.9 Å². The van der Waals surface area contributed by atoms with Gasteiger partial charge in [0.25, 0.3) is 11.6 Å². The molecular weight excluding hydrogens is 430 g/mol. The van der Waals surface area contributed by atoms with E-state index in [1.54, 1.807) is 23.7 Å². The zero-order chi connectivity index (χ0) is 22.8. The number of aromatic nitrogens is 1. The van der Waals surface area contributed by atoms with Gasteiger partial charge in [0.05, 0.1) is 22.0 Å². The lowest BCUT2D eigenvalue weighted by molar-refractivity contribution is -0.384. The molecule has 2 heterocycles. The standard InChI is InChI=1S/C22H21N5O4S/c1-13(2)23-22-26(25-14(3)15-5-4-6-17(9-15)27(29)30)19(12-32-22)16-7-8-20-18(10-16)24-21(28)11-31-20/h4-10,12-13H,11H2,1-3H3,(H,24,28). The molecule has 0 radical (unpaired) electrons. The molecular formula is C22H21N5O4S. The Balaban J connectivity index is 1.83. The van der Waals surface area contributed by atoms with Crippen LogP contribution in [0.1, 0.15) is 26.3 Å². The number of non-ortho nitro benzene ring substituents is 1. The summed E-state index contributed by atoms with van der Waals surface area (Å²) >= 11 is 1.44. The van der Waals surface area contributed by atoms with Crippen LogP contribution in [-0.4, -0.2) is 33.9 Å². The first-order valence-electron chi connectivity index (χ1n) is 9.93. The van der Waals surface area contributed by atoms with Gasteiger partial charge in [-0.1, -0.05) is 12.1 Å². The summed E-state index contributed by atoms with van der Waals surface area (Å²) in [6.45, 7) is 5.75. The van der Waals surface area contributed by atoms with E-state index in [0.717, 1.165) is 11.3 Å². The van der Waals surface area contributed by atoms with Gasteiger partial charge in [0, 0.05) is 34.7 Å². The van der Waals surface area contributed by atoms with Crippen LogP contribution in [0.25, 0.3) is 11.3 Å². The number of anilines is 1. The first-order valence-corrected chi connectivity index (χ1v) is 10.8. The van der Waals surface area contributed by atoms with Crippen LogP contribution in [0, 0.1) is 10.1 Å². The first-order chi connectivity index (χ1) is 15.3. The van der Waals surface area contributed by atoms with Crippen LogP contribution in [0.2, 0.25) is 0 Å². The molecule has 0 spiro atoms. The van der Waals surface area contributed by atoms with E-state index in [1.807, 2.05) is 37.4 Å². The predicted octanol–water partition coefficient (Wildman–Crippen LogP) is 4.04. The van der Waals surface area contributed by atoms with E-state index in [0.29, 0.717) is 27.5 Å². The molecule has 0 saturated carbocycles. The Kier molecular flexibility index (Phi) is 5.87. The molecule has 10 heteroatoms. The molecule has 9 nitrogen and oxygen atoms in total. The van der Waals surface area contributed by atoms with Crippen LogP contribution in [0.15, 0.2) is 57.9 Å².